The molecule has 6 rings (SSSR count). The third-order valence-corrected chi connectivity index (χ3v) is 9.42. The highest BCUT2D eigenvalue weighted by Gasteiger charge is 2.59. The molecule has 6 aliphatic rings. The molecule has 0 aromatic carbocycles. The lowest BCUT2D eigenvalue weighted by Crippen LogP contribution is -2.61. The Morgan fingerprint density at radius 2 is 1.61 bits per heavy atom. The van der Waals surface area contributed by atoms with Crippen LogP contribution in [0.3, 0.4) is 0 Å². The number of fused-ring (bicyclic) bond motifs is 1. The normalized spacial score (nSPS) is 38.2. The Hall–Kier alpha value is -1.89. The first kappa shape index (κ1) is 27.2. The van der Waals surface area contributed by atoms with Gasteiger partial charge in [0, 0.05) is 6.42 Å². The summed E-state index contributed by atoms with van der Waals surface area (Å²) in [5, 5.41) is 10.6. The van der Waals surface area contributed by atoms with Crippen molar-refractivity contribution in [1.82, 2.24) is 0 Å². The van der Waals surface area contributed by atoms with Gasteiger partial charge in [0.05, 0.1) is 22.3 Å². The van der Waals surface area contributed by atoms with Gasteiger partial charge in [-0.3, -0.25) is 9.59 Å². The second-order valence-corrected chi connectivity index (χ2v) is 13.3. The van der Waals surface area contributed by atoms with E-state index in [0.29, 0.717) is 24.7 Å². The zero-order chi connectivity index (χ0) is 26.5. The van der Waals surface area contributed by atoms with E-state index in [1.165, 1.54) is 6.42 Å². The SMILES string of the molecule is CCC(C)(C)C(=O)OC12CC3CC(CC(O)(C3)C1)C2.CCC(C)(C)C(=O)OC1C(=O)OC2C=CCC21. The lowest BCUT2D eigenvalue weighted by molar-refractivity contribution is -0.225. The van der Waals surface area contributed by atoms with Crippen LogP contribution in [0.15, 0.2) is 12.2 Å². The molecule has 7 heteroatoms. The summed E-state index contributed by atoms with van der Waals surface area (Å²) in [6.07, 6.45) is 10.8. The maximum absolute atomic E-state index is 12.4. The zero-order valence-corrected chi connectivity index (χ0v) is 22.8. The molecule has 5 unspecified atom stereocenters. The molecule has 7 nitrogen and oxygen atoms in total. The minimum absolute atomic E-state index is 0.0286. The number of allylic oxidation sites excluding steroid dienone is 1. The number of carbonyl (C=O) groups is 3. The Kier molecular flexibility index (Phi) is 7.13. The van der Waals surface area contributed by atoms with Crippen LogP contribution in [-0.2, 0) is 28.6 Å². The highest BCUT2D eigenvalue weighted by atomic mass is 16.6. The van der Waals surface area contributed by atoms with Crippen LogP contribution in [0.1, 0.15) is 99.3 Å². The predicted molar refractivity (Wildman–Crippen MR) is 134 cm³/mol. The molecule has 1 heterocycles. The number of ether oxygens (including phenoxy) is 3. The Morgan fingerprint density at radius 3 is 2.17 bits per heavy atom. The number of aliphatic hydroxyl groups is 1. The topological polar surface area (TPSA) is 99.1 Å². The summed E-state index contributed by atoms with van der Waals surface area (Å²) in [4.78, 5) is 35.9. The molecule has 0 aromatic rings. The van der Waals surface area contributed by atoms with Gasteiger partial charge in [-0.05, 0) is 97.0 Å². The smallest absolute Gasteiger partial charge is 0.348 e. The monoisotopic (exact) mass is 504 g/mol. The molecule has 0 aromatic heterocycles. The number of hydrogen-bond acceptors (Lipinski definition) is 7. The fraction of sp³-hybridized carbons (Fsp3) is 0.828. The van der Waals surface area contributed by atoms with Gasteiger partial charge in [-0.2, -0.15) is 0 Å². The number of hydrogen-bond donors (Lipinski definition) is 1. The standard InChI is InChI=1S/C16H26O3.C13H18O4/c1-4-14(2,3)13(17)19-16-8-11-5-12(9-16)7-15(18,6-11)10-16;1-4-13(2,3)12(15)17-10-8-6-5-7-9(8)16-11(10)14/h11-12,18H,4-10H2,1-3H3;5,7-10H,4,6H2,1-3H3. The van der Waals surface area contributed by atoms with Crippen LogP contribution < -0.4 is 0 Å². The van der Waals surface area contributed by atoms with Crippen molar-refractivity contribution in [2.75, 3.05) is 0 Å². The summed E-state index contributed by atoms with van der Waals surface area (Å²) in [6.45, 7) is 11.5. The second-order valence-electron chi connectivity index (χ2n) is 13.3. The Bertz CT molecular complexity index is 903. The lowest BCUT2D eigenvalue weighted by Gasteiger charge is -2.59. The quantitative estimate of drug-likeness (QED) is 0.312. The van der Waals surface area contributed by atoms with Crippen molar-refractivity contribution in [2.24, 2.45) is 28.6 Å². The van der Waals surface area contributed by atoms with E-state index in [1.54, 1.807) is 0 Å². The van der Waals surface area contributed by atoms with E-state index in [2.05, 4.69) is 0 Å². The Balaban J connectivity index is 0.000000170. The van der Waals surface area contributed by atoms with Gasteiger partial charge in [0.15, 0.2) is 0 Å². The summed E-state index contributed by atoms with van der Waals surface area (Å²) < 4.78 is 16.5. The molecule has 36 heavy (non-hydrogen) atoms. The van der Waals surface area contributed by atoms with Gasteiger partial charge < -0.3 is 19.3 Å². The van der Waals surface area contributed by atoms with Crippen molar-refractivity contribution in [3.63, 3.8) is 0 Å². The van der Waals surface area contributed by atoms with Crippen molar-refractivity contribution in [3.8, 4) is 0 Å². The molecule has 1 aliphatic heterocycles. The summed E-state index contributed by atoms with van der Waals surface area (Å²) >= 11 is 0. The van der Waals surface area contributed by atoms with Crippen LogP contribution in [-0.4, -0.2) is 46.4 Å². The molecule has 0 amide bonds. The summed E-state index contributed by atoms with van der Waals surface area (Å²) in [6, 6.07) is 0. The van der Waals surface area contributed by atoms with E-state index >= 15 is 0 Å². The molecule has 202 valence electrons. The fourth-order valence-electron chi connectivity index (χ4n) is 6.73. The van der Waals surface area contributed by atoms with Crippen LogP contribution in [0.2, 0.25) is 0 Å². The van der Waals surface area contributed by atoms with Gasteiger partial charge in [-0.25, -0.2) is 4.79 Å². The molecule has 0 radical (unpaired) electrons. The first-order valence-electron chi connectivity index (χ1n) is 13.8. The fourth-order valence-corrected chi connectivity index (χ4v) is 6.73. The van der Waals surface area contributed by atoms with Gasteiger partial charge in [0.25, 0.3) is 0 Å². The van der Waals surface area contributed by atoms with Crippen molar-refractivity contribution in [2.45, 2.75) is 123 Å². The Morgan fingerprint density at radius 1 is 1.03 bits per heavy atom. The summed E-state index contributed by atoms with van der Waals surface area (Å²) in [5.41, 5.74) is -1.88. The molecular weight excluding hydrogens is 460 g/mol. The first-order chi connectivity index (χ1) is 16.7. The molecule has 5 atom stereocenters. The van der Waals surface area contributed by atoms with E-state index in [1.807, 2.05) is 53.7 Å². The zero-order valence-electron chi connectivity index (χ0n) is 22.8. The minimum Gasteiger partial charge on any atom is -0.459 e. The molecule has 1 N–H and O–H groups in total. The second kappa shape index (κ2) is 9.45. The third-order valence-electron chi connectivity index (χ3n) is 9.42. The van der Waals surface area contributed by atoms with Crippen LogP contribution in [0.5, 0.6) is 0 Å². The molecule has 5 aliphatic carbocycles. The Labute approximate surface area is 215 Å². The first-order valence-corrected chi connectivity index (χ1v) is 13.8. The average molecular weight is 505 g/mol. The highest BCUT2D eigenvalue weighted by Crippen LogP contribution is 2.59. The van der Waals surface area contributed by atoms with Crippen LogP contribution >= 0.6 is 0 Å². The summed E-state index contributed by atoms with van der Waals surface area (Å²) in [5.74, 6) is 0.270. The van der Waals surface area contributed by atoms with Crippen LogP contribution in [0.25, 0.3) is 0 Å². The van der Waals surface area contributed by atoms with Crippen LogP contribution in [0.4, 0.5) is 0 Å². The van der Waals surface area contributed by atoms with E-state index in [-0.39, 0.29) is 29.6 Å². The number of rotatable bonds is 6. The maximum Gasteiger partial charge on any atom is 0.348 e. The van der Waals surface area contributed by atoms with E-state index in [4.69, 9.17) is 14.2 Å². The minimum atomic E-state index is -0.728. The maximum atomic E-state index is 12.4. The number of carbonyl (C=O) groups excluding carboxylic acids is 3. The molecule has 4 saturated carbocycles. The predicted octanol–water partition coefficient (Wildman–Crippen LogP) is 4.89. The molecule has 1 saturated heterocycles. The van der Waals surface area contributed by atoms with E-state index in [9.17, 15) is 19.5 Å². The van der Waals surface area contributed by atoms with Crippen molar-refractivity contribution in [1.29, 1.82) is 0 Å². The van der Waals surface area contributed by atoms with Gasteiger partial charge in [-0.1, -0.05) is 19.9 Å². The third kappa shape index (κ3) is 5.23. The molecule has 0 spiro atoms. The lowest BCUT2D eigenvalue weighted by atomic mass is 9.52. The molecule has 5 fully saturated rings. The largest absolute Gasteiger partial charge is 0.459 e. The molecular formula is C29H44O7. The van der Waals surface area contributed by atoms with Crippen molar-refractivity contribution < 1.29 is 33.7 Å². The van der Waals surface area contributed by atoms with Crippen molar-refractivity contribution in [3.05, 3.63) is 12.2 Å². The molecule has 4 bridgehead atoms. The van der Waals surface area contributed by atoms with Gasteiger partial charge in [0.1, 0.15) is 11.7 Å². The van der Waals surface area contributed by atoms with Crippen molar-refractivity contribution >= 4 is 17.9 Å². The van der Waals surface area contributed by atoms with E-state index in [0.717, 1.165) is 38.5 Å². The van der Waals surface area contributed by atoms with Gasteiger partial charge >= 0.3 is 17.9 Å². The highest BCUT2D eigenvalue weighted by molar-refractivity contribution is 5.84. The van der Waals surface area contributed by atoms with Gasteiger partial charge in [0.2, 0.25) is 6.10 Å². The van der Waals surface area contributed by atoms with Crippen LogP contribution in [0, 0.1) is 28.6 Å². The summed E-state index contributed by atoms with van der Waals surface area (Å²) in [7, 11) is 0. The van der Waals surface area contributed by atoms with E-state index < -0.39 is 28.5 Å². The number of esters is 3. The van der Waals surface area contributed by atoms with Gasteiger partial charge in [-0.15, -0.1) is 0 Å². The average Bonchev–Trinajstić information content (AvgIpc) is 3.33.